The lowest BCUT2D eigenvalue weighted by Gasteiger charge is -2.18. The number of furan rings is 1. The minimum atomic E-state index is -0.166. The first-order valence-corrected chi connectivity index (χ1v) is 6.92. The van der Waals surface area contributed by atoms with Crippen LogP contribution in [-0.4, -0.2) is 25.0 Å². The molecular weight excluding hydrogens is 266 g/mol. The molecule has 0 aliphatic carbocycles. The molecule has 2 amide bonds. The summed E-state index contributed by atoms with van der Waals surface area (Å²) >= 11 is 0. The summed E-state index contributed by atoms with van der Waals surface area (Å²) in [6.45, 7) is 2.51. The summed E-state index contributed by atoms with van der Waals surface area (Å²) in [4.78, 5) is 13.7. The standard InChI is InChI=1S/C16H21N3O2/c1-12(17-2)13-6-4-7-14(10-13)18-16(20)19(3)11-15-8-5-9-21-15/h4-10,12,17H,11H2,1-3H3,(H,18,20). The van der Waals surface area contributed by atoms with Gasteiger partial charge in [-0.3, -0.25) is 0 Å². The fourth-order valence-electron chi connectivity index (χ4n) is 1.98. The van der Waals surface area contributed by atoms with Crippen LogP contribution in [0, 0.1) is 0 Å². The van der Waals surface area contributed by atoms with Gasteiger partial charge in [0.2, 0.25) is 0 Å². The molecule has 0 bridgehead atoms. The van der Waals surface area contributed by atoms with Crippen molar-refractivity contribution in [2.45, 2.75) is 19.5 Å². The van der Waals surface area contributed by atoms with Crippen LogP contribution in [0.3, 0.4) is 0 Å². The highest BCUT2D eigenvalue weighted by molar-refractivity contribution is 5.89. The van der Waals surface area contributed by atoms with Gasteiger partial charge in [-0.05, 0) is 43.8 Å². The van der Waals surface area contributed by atoms with E-state index in [1.54, 1.807) is 18.2 Å². The Morgan fingerprint density at radius 3 is 2.81 bits per heavy atom. The van der Waals surface area contributed by atoms with Crippen molar-refractivity contribution in [1.29, 1.82) is 0 Å². The van der Waals surface area contributed by atoms with Crippen molar-refractivity contribution in [3.05, 3.63) is 54.0 Å². The molecule has 0 radical (unpaired) electrons. The number of carbonyl (C=O) groups is 1. The Bertz CT molecular complexity index is 581. The summed E-state index contributed by atoms with van der Waals surface area (Å²) in [5.41, 5.74) is 1.91. The Labute approximate surface area is 124 Å². The number of carbonyl (C=O) groups excluding carboxylic acids is 1. The minimum Gasteiger partial charge on any atom is -0.467 e. The Morgan fingerprint density at radius 2 is 2.14 bits per heavy atom. The Hall–Kier alpha value is -2.27. The van der Waals surface area contributed by atoms with Gasteiger partial charge in [0.25, 0.3) is 0 Å². The number of rotatable bonds is 5. The third kappa shape index (κ3) is 4.10. The summed E-state index contributed by atoms with van der Waals surface area (Å²) in [7, 11) is 3.64. The fourth-order valence-corrected chi connectivity index (χ4v) is 1.98. The van der Waals surface area contributed by atoms with Crippen LogP contribution in [0.2, 0.25) is 0 Å². The molecule has 1 heterocycles. The first kappa shape index (κ1) is 15.1. The molecule has 1 aromatic carbocycles. The van der Waals surface area contributed by atoms with E-state index in [1.807, 2.05) is 43.4 Å². The highest BCUT2D eigenvalue weighted by Crippen LogP contribution is 2.17. The van der Waals surface area contributed by atoms with Crippen molar-refractivity contribution < 1.29 is 9.21 Å². The van der Waals surface area contributed by atoms with E-state index < -0.39 is 0 Å². The zero-order chi connectivity index (χ0) is 15.2. The molecule has 1 unspecified atom stereocenters. The van der Waals surface area contributed by atoms with Crippen LogP contribution in [0.25, 0.3) is 0 Å². The second-order valence-corrected chi connectivity index (χ2v) is 5.00. The van der Waals surface area contributed by atoms with Crippen LogP contribution in [0.4, 0.5) is 10.5 Å². The Morgan fingerprint density at radius 1 is 1.33 bits per heavy atom. The van der Waals surface area contributed by atoms with E-state index in [-0.39, 0.29) is 12.1 Å². The number of benzene rings is 1. The molecule has 0 fully saturated rings. The predicted octanol–water partition coefficient (Wildman–Crippen LogP) is 3.22. The number of urea groups is 1. The maximum absolute atomic E-state index is 12.1. The van der Waals surface area contributed by atoms with Crippen molar-refractivity contribution in [2.75, 3.05) is 19.4 Å². The van der Waals surface area contributed by atoms with Gasteiger partial charge in [-0.25, -0.2) is 4.79 Å². The average molecular weight is 287 g/mol. The summed E-state index contributed by atoms with van der Waals surface area (Å²) in [5.74, 6) is 0.755. The van der Waals surface area contributed by atoms with Crippen molar-refractivity contribution in [3.63, 3.8) is 0 Å². The van der Waals surface area contributed by atoms with Crippen LogP contribution >= 0.6 is 0 Å². The summed E-state index contributed by atoms with van der Waals surface area (Å²) in [5, 5.41) is 6.07. The molecule has 5 nitrogen and oxygen atoms in total. The summed E-state index contributed by atoms with van der Waals surface area (Å²) < 4.78 is 5.24. The Balaban J connectivity index is 1.98. The SMILES string of the molecule is CNC(C)c1cccc(NC(=O)N(C)Cc2ccco2)c1. The molecule has 0 spiro atoms. The topological polar surface area (TPSA) is 57.5 Å². The van der Waals surface area contributed by atoms with E-state index in [4.69, 9.17) is 4.42 Å². The number of hydrogen-bond donors (Lipinski definition) is 2. The summed E-state index contributed by atoms with van der Waals surface area (Å²) in [6, 6.07) is 11.5. The molecule has 1 aromatic heterocycles. The largest absolute Gasteiger partial charge is 0.467 e. The zero-order valence-corrected chi connectivity index (χ0v) is 12.6. The number of nitrogens with zero attached hydrogens (tertiary/aromatic N) is 1. The fraction of sp³-hybridized carbons (Fsp3) is 0.312. The smallest absolute Gasteiger partial charge is 0.321 e. The highest BCUT2D eigenvalue weighted by atomic mass is 16.3. The van der Waals surface area contributed by atoms with E-state index in [1.165, 1.54) is 0 Å². The Kier molecular flexibility index (Phi) is 5.00. The molecule has 0 saturated heterocycles. The molecule has 1 atom stereocenters. The van der Waals surface area contributed by atoms with Gasteiger partial charge < -0.3 is 20.0 Å². The van der Waals surface area contributed by atoms with Gasteiger partial charge in [-0.2, -0.15) is 0 Å². The van der Waals surface area contributed by atoms with Gasteiger partial charge in [0.1, 0.15) is 5.76 Å². The zero-order valence-electron chi connectivity index (χ0n) is 12.6. The maximum atomic E-state index is 12.1. The number of nitrogens with one attached hydrogen (secondary N) is 2. The first-order chi connectivity index (χ1) is 10.1. The summed E-state index contributed by atoms with van der Waals surface area (Å²) in [6.07, 6.45) is 1.60. The molecule has 112 valence electrons. The second-order valence-electron chi connectivity index (χ2n) is 5.00. The molecule has 21 heavy (non-hydrogen) atoms. The molecule has 2 rings (SSSR count). The van der Waals surface area contributed by atoms with Gasteiger partial charge in [0.15, 0.2) is 0 Å². The van der Waals surface area contributed by atoms with E-state index in [9.17, 15) is 4.79 Å². The molecule has 0 aliphatic heterocycles. The minimum absolute atomic E-state index is 0.166. The van der Waals surface area contributed by atoms with Crippen molar-refractivity contribution in [1.82, 2.24) is 10.2 Å². The maximum Gasteiger partial charge on any atom is 0.321 e. The van der Waals surface area contributed by atoms with Crippen LogP contribution < -0.4 is 10.6 Å². The van der Waals surface area contributed by atoms with E-state index >= 15 is 0 Å². The third-order valence-corrected chi connectivity index (χ3v) is 3.39. The third-order valence-electron chi connectivity index (χ3n) is 3.39. The average Bonchev–Trinajstić information content (AvgIpc) is 2.99. The number of amides is 2. The molecule has 0 saturated carbocycles. The second kappa shape index (κ2) is 6.95. The van der Waals surface area contributed by atoms with Crippen molar-refractivity contribution in [3.8, 4) is 0 Å². The van der Waals surface area contributed by atoms with E-state index in [2.05, 4.69) is 17.6 Å². The lowest BCUT2D eigenvalue weighted by molar-refractivity contribution is 0.217. The van der Waals surface area contributed by atoms with E-state index in [0.717, 1.165) is 17.0 Å². The van der Waals surface area contributed by atoms with Crippen LogP contribution in [0.5, 0.6) is 0 Å². The van der Waals surface area contributed by atoms with Gasteiger partial charge in [0.05, 0.1) is 12.8 Å². The van der Waals surface area contributed by atoms with Crippen LogP contribution in [-0.2, 0) is 6.54 Å². The van der Waals surface area contributed by atoms with E-state index in [0.29, 0.717) is 6.54 Å². The molecule has 5 heteroatoms. The van der Waals surface area contributed by atoms with Gasteiger partial charge in [-0.15, -0.1) is 0 Å². The molecule has 2 N–H and O–H groups in total. The van der Waals surface area contributed by atoms with Gasteiger partial charge in [-0.1, -0.05) is 12.1 Å². The monoisotopic (exact) mass is 287 g/mol. The normalized spacial score (nSPS) is 12.0. The molecule has 0 aliphatic rings. The molecular formula is C16H21N3O2. The molecule has 2 aromatic rings. The van der Waals surface area contributed by atoms with Gasteiger partial charge in [0, 0.05) is 18.8 Å². The van der Waals surface area contributed by atoms with Crippen LogP contribution in [0.15, 0.2) is 47.1 Å². The predicted molar refractivity (Wildman–Crippen MR) is 83.1 cm³/mol. The first-order valence-electron chi connectivity index (χ1n) is 6.92. The lowest BCUT2D eigenvalue weighted by Crippen LogP contribution is -2.30. The van der Waals surface area contributed by atoms with Crippen LogP contribution in [0.1, 0.15) is 24.3 Å². The van der Waals surface area contributed by atoms with Crippen molar-refractivity contribution >= 4 is 11.7 Å². The lowest BCUT2D eigenvalue weighted by atomic mass is 10.1. The van der Waals surface area contributed by atoms with Crippen molar-refractivity contribution in [2.24, 2.45) is 0 Å². The highest BCUT2D eigenvalue weighted by Gasteiger charge is 2.11. The number of hydrogen-bond acceptors (Lipinski definition) is 3. The quantitative estimate of drug-likeness (QED) is 0.887. The van der Waals surface area contributed by atoms with Gasteiger partial charge >= 0.3 is 6.03 Å². The number of anilines is 1.